The van der Waals surface area contributed by atoms with E-state index in [0.717, 1.165) is 19.1 Å². The summed E-state index contributed by atoms with van der Waals surface area (Å²) in [5, 5.41) is 2.87. The molecule has 1 N–H and O–H groups in total. The highest BCUT2D eigenvalue weighted by molar-refractivity contribution is 7.90. The molecule has 0 aromatic heterocycles. The zero-order chi connectivity index (χ0) is 18.0. The maximum absolute atomic E-state index is 13.2. The minimum Gasteiger partial charge on any atom is -0.476 e. The third-order valence-electron chi connectivity index (χ3n) is 3.84. The summed E-state index contributed by atoms with van der Waals surface area (Å²) in [5.41, 5.74) is 0.520. The number of sulfone groups is 1. The molecule has 1 amide bonds. The Balaban J connectivity index is 1.83. The Hall–Kier alpha value is -2.41. The molecule has 0 radical (unpaired) electrons. The Kier molecular flexibility index (Phi) is 4.76. The zero-order valence-corrected chi connectivity index (χ0v) is 14.4. The van der Waals surface area contributed by atoms with Crippen molar-refractivity contribution in [1.82, 2.24) is 5.32 Å². The van der Waals surface area contributed by atoms with E-state index in [1.165, 1.54) is 48.5 Å². The van der Waals surface area contributed by atoms with Gasteiger partial charge in [0.05, 0.1) is 4.90 Å². The van der Waals surface area contributed by atoms with E-state index in [1.807, 2.05) is 0 Å². The number of hydrogen-bond acceptors (Lipinski definition) is 4. The first kappa shape index (κ1) is 17.4. The average Bonchev–Trinajstić information content (AvgIpc) is 3.37. The van der Waals surface area contributed by atoms with Crippen molar-refractivity contribution in [2.24, 2.45) is 0 Å². The van der Waals surface area contributed by atoms with Crippen molar-refractivity contribution in [3.8, 4) is 5.75 Å². The first-order valence-corrected chi connectivity index (χ1v) is 9.75. The van der Waals surface area contributed by atoms with E-state index < -0.39 is 21.8 Å². The monoisotopic (exact) mass is 363 g/mol. The van der Waals surface area contributed by atoms with E-state index in [4.69, 9.17) is 4.74 Å². The van der Waals surface area contributed by atoms with Gasteiger partial charge in [0.1, 0.15) is 11.6 Å². The van der Waals surface area contributed by atoms with Gasteiger partial charge >= 0.3 is 0 Å². The predicted octanol–water partition coefficient (Wildman–Crippen LogP) is 2.63. The summed E-state index contributed by atoms with van der Waals surface area (Å²) >= 11 is 0. The van der Waals surface area contributed by atoms with Crippen LogP contribution in [-0.2, 0) is 14.6 Å². The quantitative estimate of drug-likeness (QED) is 0.856. The van der Waals surface area contributed by atoms with Crippen molar-refractivity contribution in [2.75, 3.05) is 6.26 Å². The van der Waals surface area contributed by atoms with Gasteiger partial charge in [-0.1, -0.05) is 12.1 Å². The van der Waals surface area contributed by atoms with Gasteiger partial charge in [-0.15, -0.1) is 0 Å². The lowest BCUT2D eigenvalue weighted by molar-refractivity contribution is -0.128. The van der Waals surface area contributed by atoms with Crippen molar-refractivity contribution in [3.05, 3.63) is 59.9 Å². The summed E-state index contributed by atoms with van der Waals surface area (Å²) in [6.45, 7) is 0. The molecule has 5 nitrogen and oxygen atoms in total. The largest absolute Gasteiger partial charge is 0.476 e. The second-order valence-electron chi connectivity index (χ2n) is 6.08. The number of carbonyl (C=O) groups excluding carboxylic acids is 1. The average molecular weight is 363 g/mol. The third kappa shape index (κ3) is 4.57. The summed E-state index contributed by atoms with van der Waals surface area (Å²) in [6.07, 6.45) is 2.05. The van der Waals surface area contributed by atoms with Gasteiger partial charge < -0.3 is 10.1 Å². The van der Waals surface area contributed by atoms with Crippen LogP contribution in [0.15, 0.2) is 53.4 Å². The Bertz CT molecular complexity index is 859. The molecule has 3 rings (SSSR count). The van der Waals surface area contributed by atoms with Gasteiger partial charge in [0.2, 0.25) is 6.10 Å². The Morgan fingerprint density at radius 2 is 1.72 bits per heavy atom. The Labute approximate surface area is 145 Å². The lowest BCUT2D eigenvalue weighted by atomic mass is 10.1. The van der Waals surface area contributed by atoms with Gasteiger partial charge in [-0.25, -0.2) is 12.8 Å². The number of halogens is 1. The number of ether oxygens (including phenoxy) is 1. The summed E-state index contributed by atoms with van der Waals surface area (Å²) in [7, 11) is -3.31. The molecule has 2 aromatic rings. The van der Waals surface area contributed by atoms with Crippen LogP contribution >= 0.6 is 0 Å². The number of benzene rings is 2. The molecular weight excluding hydrogens is 345 g/mol. The van der Waals surface area contributed by atoms with Crippen LogP contribution in [0.25, 0.3) is 0 Å². The van der Waals surface area contributed by atoms with Crippen molar-refractivity contribution in [2.45, 2.75) is 29.9 Å². The number of carbonyl (C=O) groups is 1. The smallest absolute Gasteiger partial charge is 0.266 e. The fourth-order valence-corrected chi connectivity index (χ4v) is 2.95. The van der Waals surface area contributed by atoms with Gasteiger partial charge in [0.15, 0.2) is 9.84 Å². The number of hydrogen-bond donors (Lipinski definition) is 1. The van der Waals surface area contributed by atoms with Crippen molar-refractivity contribution >= 4 is 15.7 Å². The molecule has 1 saturated carbocycles. The highest BCUT2D eigenvalue weighted by Gasteiger charge is 2.29. The van der Waals surface area contributed by atoms with Crippen LogP contribution < -0.4 is 10.1 Å². The molecule has 0 saturated heterocycles. The van der Waals surface area contributed by atoms with Crippen LogP contribution in [-0.4, -0.2) is 26.6 Å². The number of nitrogens with one attached hydrogen (secondary N) is 1. The third-order valence-corrected chi connectivity index (χ3v) is 4.97. The van der Waals surface area contributed by atoms with Gasteiger partial charge in [-0.2, -0.15) is 0 Å². The molecule has 0 spiro atoms. The van der Waals surface area contributed by atoms with E-state index in [2.05, 4.69) is 5.32 Å². The Morgan fingerprint density at radius 3 is 2.24 bits per heavy atom. The standard InChI is InChI=1S/C18H18FNO4S/c1-25(22,23)16-10-8-15(9-11-16)24-17(18(21)20-14-6-7-14)12-2-4-13(19)5-3-12/h2-5,8-11,14,17H,6-7H2,1H3,(H,20,21)/t17-/m1/s1. The second-order valence-corrected chi connectivity index (χ2v) is 8.09. The molecular formula is C18H18FNO4S. The molecule has 0 unspecified atom stereocenters. The van der Waals surface area contributed by atoms with Crippen LogP contribution in [0, 0.1) is 5.82 Å². The molecule has 1 aliphatic carbocycles. The van der Waals surface area contributed by atoms with E-state index in [0.29, 0.717) is 11.3 Å². The maximum atomic E-state index is 13.2. The highest BCUT2D eigenvalue weighted by atomic mass is 32.2. The molecule has 132 valence electrons. The van der Waals surface area contributed by atoms with Crippen molar-refractivity contribution in [3.63, 3.8) is 0 Å². The molecule has 1 atom stereocenters. The minimum atomic E-state index is -3.31. The van der Waals surface area contributed by atoms with Gasteiger partial charge in [0.25, 0.3) is 5.91 Å². The molecule has 0 heterocycles. The SMILES string of the molecule is CS(=O)(=O)c1ccc(O[C@@H](C(=O)NC2CC2)c2ccc(F)cc2)cc1. The van der Waals surface area contributed by atoms with Crippen molar-refractivity contribution < 1.29 is 22.3 Å². The molecule has 7 heteroatoms. The van der Waals surface area contributed by atoms with Crippen LogP contribution in [0.4, 0.5) is 4.39 Å². The molecule has 0 bridgehead atoms. The van der Waals surface area contributed by atoms with E-state index in [-0.39, 0.29) is 16.8 Å². The van der Waals surface area contributed by atoms with Crippen LogP contribution in [0.1, 0.15) is 24.5 Å². The Morgan fingerprint density at radius 1 is 1.12 bits per heavy atom. The van der Waals surface area contributed by atoms with E-state index in [9.17, 15) is 17.6 Å². The molecule has 25 heavy (non-hydrogen) atoms. The van der Waals surface area contributed by atoms with E-state index >= 15 is 0 Å². The first-order valence-electron chi connectivity index (χ1n) is 7.85. The van der Waals surface area contributed by atoms with Gasteiger partial charge in [0, 0.05) is 17.9 Å². The van der Waals surface area contributed by atoms with Crippen LogP contribution in [0.2, 0.25) is 0 Å². The summed E-state index contributed by atoms with van der Waals surface area (Å²) in [6, 6.07) is 11.5. The summed E-state index contributed by atoms with van der Waals surface area (Å²) in [4.78, 5) is 12.7. The molecule has 1 aliphatic rings. The minimum absolute atomic E-state index is 0.159. The fourth-order valence-electron chi connectivity index (χ4n) is 2.32. The second kappa shape index (κ2) is 6.84. The normalized spacial score (nSPS) is 15.4. The summed E-state index contributed by atoms with van der Waals surface area (Å²) in [5.74, 6) is -0.350. The molecule has 2 aromatic carbocycles. The van der Waals surface area contributed by atoms with Crippen LogP contribution in [0.3, 0.4) is 0 Å². The number of rotatable bonds is 6. The fraction of sp³-hybridized carbons (Fsp3) is 0.278. The van der Waals surface area contributed by atoms with E-state index in [1.54, 1.807) is 0 Å². The lowest BCUT2D eigenvalue weighted by Crippen LogP contribution is -2.33. The lowest BCUT2D eigenvalue weighted by Gasteiger charge is -2.19. The predicted molar refractivity (Wildman–Crippen MR) is 90.5 cm³/mol. The highest BCUT2D eigenvalue weighted by Crippen LogP contribution is 2.26. The maximum Gasteiger partial charge on any atom is 0.266 e. The summed E-state index contributed by atoms with van der Waals surface area (Å²) < 4.78 is 42.0. The van der Waals surface area contributed by atoms with Gasteiger partial charge in [-0.05, 0) is 49.2 Å². The molecule has 0 aliphatic heterocycles. The topological polar surface area (TPSA) is 72.5 Å². The van der Waals surface area contributed by atoms with Crippen molar-refractivity contribution in [1.29, 1.82) is 0 Å². The van der Waals surface area contributed by atoms with Gasteiger partial charge in [-0.3, -0.25) is 4.79 Å². The zero-order valence-electron chi connectivity index (χ0n) is 13.6. The number of amides is 1. The van der Waals surface area contributed by atoms with Crippen LogP contribution in [0.5, 0.6) is 5.75 Å². The first-order chi connectivity index (χ1) is 11.8. The molecule has 1 fully saturated rings.